The molecule has 0 saturated heterocycles. The fraction of sp³-hybridized carbons (Fsp3) is 0.571. The Morgan fingerprint density at radius 1 is 1.41 bits per heavy atom. The van der Waals surface area contributed by atoms with Crippen molar-refractivity contribution in [3.63, 3.8) is 0 Å². The summed E-state index contributed by atoms with van der Waals surface area (Å²) in [6.45, 7) is 5.58. The molecule has 1 rings (SSSR count). The number of hydrogen-bond acceptors (Lipinski definition) is 2. The van der Waals surface area contributed by atoms with Crippen molar-refractivity contribution in [3.8, 4) is 5.75 Å². The van der Waals surface area contributed by atoms with Gasteiger partial charge in [-0.05, 0) is 49.1 Å². The maximum Gasteiger partial charge on any atom is 0.119 e. The van der Waals surface area contributed by atoms with Gasteiger partial charge in [0, 0.05) is 11.0 Å². The zero-order valence-electron chi connectivity index (χ0n) is 11.1. The third kappa shape index (κ3) is 4.00. The smallest absolute Gasteiger partial charge is 0.119 e. The largest absolute Gasteiger partial charge is 0.497 e. The molecule has 0 bridgehead atoms. The van der Waals surface area contributed by atoms with Gasteiger partial charge in [0.2, 0.25) is 0 Å². The molecule has 96 valence electrons. The van der Waals surface area contributed by atoms with E-state index in [4.69, 9.17) is 4.74 Å². The first kappa shape index (κ1) is 14.5. The first-order valence-corrected chi connectivity index (χ1v) is 6.81. The first-order valence-electron chi connectivity index (χ1n) is 6.01. The lowest BCUT2D eigenvalue weighted by Crippen LogP contribution is -2.31. The molecule has 1 N–H and O–H groups in total. The van der Waals surface area contributed by atoms with Crippen molar-refractivity contribution in [2.75, 3.05) is 20.7 Å². The molecular weight excluding hydrogens is 278 g/mol. The molecule has 0 amide bonds. The highest BCUT2D eigenvalue weighted by molar-refractivity contribution is 9.10. The summed E-state index contributed by atoms with van der Waals surface area (Å²) in [7, 11) is 3.72. The van der Waals surface area contributed by atoms with Crippen molar-refractivity contribution in [1.29, 1.82) is 0 Å². The predicted octanol–water partition coefficient (Wildman–Crippen LogP) is 3.64. The van der Waals surface area contributed by atoms with Crippen LogP contribution in [-0.2, 0) is 6.42 Å². The number of rotatable bonds is 6. The van der Waals surface area contributed by atoms with Crippen LogP contribution in [0.5, 0.6) is 5.75 Å². The van der Waals surface area contributed by atoms with Crippen molar-refractivity contribution in [2.45, 2.75) is 26.7 Å². The van der Waals surface area contributed by atoms with Crippen LogP contribution < -0.4 is 10.1 Å². The van der Waals surface area contributed by atoms with Crippen LogP contribution in [0.3, 0.4) is 0 Å². The maximum absolute atomic E-state index is 5.28. The average molecular weight is 300 g/mol. The van der Waals surface area contributed by atoms with E-state index in [0.29, 0.717) is 0 Å². The van der Waals surface area contributed by atoms with E-state index < -0.39 is 0 Å². The second-order valence-corrected chi connectivity index (χ2v) is 5.68. The van der Waals surface area contributed by atoms with Crippen molar-refractivity contribution in [3.05, 3.63) is 28.2 Å². The summed E-state index contributed by atoms with van der Waals surface area (Å²) in [5.41, 5.74) is 1.59. The summed E-state index contributed by atoms with van der Waals surface area (Å²) in [6.07, 6.45) is 2.19. The summed E-state index contributed by atoms with van der Waals surface area (Å²) < 4.78 is 6.44. The Morgan fingerprint density at radius 3 is 2.65 bits per heavy atom. The molecule has 0 aliphatic rings. The molecule has 1 aromatic carbocycles. The van der Waals surface area contributed by atoms with E-state index in [1.54, 1.807) is 7.11 Å². The number of halogens is 1. The topological polar surface area (TPSA) is 21.3 Å². The van der Waals surface area contributed by atoms with Gasteiger partial charge in [-0.2, -0.15) is 0 Å². The van der Waals surface area contributed by atoms with Gasteiger partial charge in [-0.25, -0.2) is 0 Å². The molecule has 0 aliphatic heterocycles. The maximum atomic E-state index is 5.28. The molecule has 0 aromatic heterocycles. The Kier molecular flexibility index (Phi) is 5.47. The minimum atomic E-state index is 0.281. The van der Waals surface area contributed by atoms with E-state index in [0.717, 1.165) is 29.6 Å². The third-order valence-electron chi connectivity index (χ3n) is 3.33. The Bertz CT molecular complexity index is 367. The minimum absolute atomic E-state index is 0.281. The Labute approximate surface area is 113 Å². The van der Waals surface area contributed by atoms with Crippen LogP contribution in [0.2, 0.25) is 0 Å². The number of hydrogen-bond donors (Lipinski definition) is 1. The predicted molar refractivity (Wildman–Crippen MR) is 76.7 cm³/mol. The fourth-order valence-corrected chi connectivity index (χ4v) is 2.40. The van der Waals surface area contributed by atoms with Gasteiger partial charge in [-0.15, -0.1) is 0 Å². The monoisotopic (exact) mass is 299 g/mol. The molecule has 1 aromatic rings. The van der Waals surface area contributed by atoms with E-state index in [1.807, 2.05) is 13.1 Å². The molecular formula is C14H22BrNO. The zero-order valence-corrected chi connectivity index (χ0v) is 12.7. The molecule has 17 heavy (non-hydrogen) atoms. The SMILES string of the molecule is CCC(C)(CNC)Cc1cc(OC)ccc1Br. The summed E-state index contributed by atoms with van der Waals surface area (Å²) in [4.78, 5) is 0. The molecule has 0 saturated carbocycles. The van der Waals surface area contributed by atoms with Crippen LogP contribution in [0.1, 0.15) is 25.8 Å². The molecule has 1 unspecified atom stereocenters. The molecule has 0 aliphatic carbocycles. The van der Waals surface area contributed by atoms with Crippen molar-refractivity contribution in [2.24, 2.45) is 5.41 Å². The van der Waals surface area contributed by atoms with Gasteiger partial charge < -0.3 is 10.1 Å². The summed E-state index contributed by atoms with van der Waals surface area (Å²) >= 11 is 3.62. The molecule has 0 spiro atoms. The Morgan fingerprint density at radius 2 is 2.12 bits per heavy atom. The summed E-state index contributed by atoms with van der Waals surface area (Å²) in [5.74, 6) is 0.922. The molecule has 0 heterocycles. The highest BCUT2D eigenvalue weighted by Crippen LogP contribution is 2.31. The fourth-order valence-electron chi connectivity index (χ4n) is 2.01. The van der Waals surface area contributed by atoms with Gasteiger partial charge in [0.05, 0.1) is 7.11 Å². The first-order chi connectivity index (χ1) is 8.04. The van der Waals surface area contributed by atoms with E-state index >= 15 is 0 Å². The van der Waals surface area contributed by atoms with Crippen LogP contribution in [0.15, 0.2) is 22.7 Å². The van der Waals surface area contributed by atoms with Crippen LogP contribution in [-0.4, -0.2) is 20.7 Å². The van der Waals surface area contributed by atoms with Crippen LogP contribution in [0.4, 0.5) is 0 Å². The molecule has 0 fully saturated rings. The molecule has 0 radical (unpaired) electrons. The third-order valence-corrected chi connectivity index (χ3v) is 4.10. The highest BCUT2D eigenvalue weighted by atomic mass is 79.9. The molecule has 2 nitrogen and oxygen atoms in total. The Balaban J connectivity index is 2.92. The summed E-state index contributed by atoms with van der Waals surface area (Å²) in [5, 5.41) is 3.28. The van der Waals surface area contributed by atoms with Gasteiger partial charge in [0.25, 0.3) is 0 Å². The lowest BCUT2D eigenvalue weighted by molar-refractivity contribution is 0.298. The number of benzene rings is 1. The van der Waals surface area contributed by atoms with Gasteiger partial charge in [0.1, 0.15) is 5.75 Å². The Hall–Kier alpha value is -0.540. The average Bonchev–Trinajstić information content (AvgIpc) is 2.32. The van der Waals surface area contributed by atoms with E-state index in [2.05, 4.69) is 47.2 Å². The zero-order chi connectivity index (χ0) is 12.9. The van der Waals surface area contributed by atoms with Gasteiger partial charge in [-0.1, -0.05) is 29.8 Å². The second kappa shape index (κ2) is 6.41. The lowest BCUT2D eigenvalue weighted by atomic mass is 9.81. The molecule has 1 atom stereocenters. The van der Waals surface area contributed by atoms with E-state index in [9.17, 15) is 0 Å². The van der Waals surface area contributed by atoms with Gasteiger partial charge in [-0.3, -0.25) is 0 Å². The number of methoxy groups -OCH3 is 1. The quantitative estimate of drug-likeness (QED) is 0.866. The minimum Gasteiger partial charge on any atom is -0.497 e. The van der Waals surface area contributed by atoms with Crippen molar-refractivity contribution >= 4 is 15.9 Å². The summed E-state index contributed by atoms with van der Waals surface area (Å²) in [6, 6.07) is 6.16. The van der Waals surface area contributed by atoms with Crippen molar-refractivity contribution < 1.29 is 4.74 Å². The van der Waals surface area contributed by atoms with E-state index in [1.165, 1.54) is 5.56 Å². The highest BCUT2D eigenvalue weighted by Gasteiger charge is 2.22. The van der Waals surface area contributed by atoms with Crippen molar-refractivity contribution in [1.82, 2.24) is 5.32 Å². The van der Waals surface area contributed by atoms with Crippen LogP contribution in [0, 0.1) is 5.41 Å². The standard InChI is InChI=1S/C14H22BrNO/c1-5-14(2,10-16-3)9-11-8-12(17-4)6-7-13(11)15/h6-8,16H,5,9-10H2,1-4H3. The normalized spacial score (nSPS) is 14.4. The molecule has 3 heteroatoms. The number of ether oxygens (including phenoxy) is 1. The van der Waals surface area contributed by atoms with Gasteiger partial charge in [0.15, 0.2) is 0 Å². The van der Waals surface area contributed by atoms with E-state index in [-0.39, 0.29) is 5.41 Å². The second-order valence-electron chi connectivity index (χ2n) is 4.83. The van der Waals surface area contributed by atoms with Crippen LogP contribution >= 0.6 is 15.9 Å². The van der Waals surface area contributed by atoms with Gasteiger partial charge >= 0.3 is 0 Å². The number of nitrogens with one attached hydrogen (secondary N) is 1. The lowest BCUT2D eigenvalue weighted by Gasteiger charge is -2.28. The van der Waals surface area contributed by atoms with Crippen LogP contribution in [0.25, 0.3) is 0 Å².